The van der Waals surface area contributed by atoms with Gasteiger partial charge in [0.15, 0.2) is 0 Å². The summed E-state index contributed by atoms with van der Waals surface area (Å²) in [5.74, 6) is 0.546. The molecule has 0 aromatic rings. The molecule has 0 bridgehead atoms. The molecule has 134 valence electrons. The van der Waals surface area contributed by atoms with Crippen molar-refractivity contribution >= 4 is 6.09 Å². The van der Waals surface area contributed by atoms with E-state index in [2.05, 4.69) is 5.32 Å². The Labute approximate surface area is 140 Å². The van der Waals surface area contributed by atoms with Gasteiger partial charge >= 0.3 is 6.09 Å². The van der Waals surface area contributed by atoms with Crippen LogP contribution in [0.25, 0.3) is 0 Å². The molecule has 0 aromatic heterocycles. The minimum absolute atomic E-state index is 0.157. The molecule has 0 aromatic carbocycles. The van der Waals surface area contributed by atoms with E-state index < -0.39 is 11.2 Å². The van der Waals surface area contributed by atoms with Gasteiger partial charge in [0.1, 0.15) is 5.60 Å². The minimum Gasteiger partial charge on any atom is -0.444 e. The van der Waals surface area contributed by atoms with Crippen molar-refractivity contribution in [2.75, 3.05) is 13.1 Å². The molecule has 5 heteroatoms. The summed E-state index contributed by atoms with van der Waals surface area (Å²) < 4.78 is 5.58. The Hall–Kier alpha value is -0.810. The molecule has 1 heterocycles. The highest BCUT2D eigenvalue weighted by molar-refractivity contribution is 5.68. The Morgan fingerprint density at radius 1 is 1.22 bits per heavy atom. The Morgan fingerprint density at radius 3 is 2.52 bits per heavy atom. The van der Waals surface area contributed by atoms with Crippen LogP contribution >= 0.6 is 0 Å². The Morgan fingerprint density at radius 2 is 1.91 bits per heavy atom. The highest BCUT2D eigenvalue weighted by Crippen LogP contribution is 2.36. The summed E-state index contributed by atoms with van der Waals surface area (Å²) in [5, 5.41) is 13.4. The van der Waals surface area contributed by atoms with Crippen LogP contribution in [0, 0.1) is 5.92 Å². The lowest BCUT2D eigenvalue weighted by Crippen LogP contribution is -2.54. The normalized spacial score (nSPS) is 29.1. The number of fused-ring (bicyclic) bond motifs is 1. The van der Waals surface area contributed by atoms with E-state index in [1.54, 1.807) is 0 Å². The molecule has 2 N–H and O–H groups in total. The predicted molar refractivity (Wildman–Crippen MR) is 91.4 cm³/mol. The maximum atomic E-state index is 12.5. The second-order valence-electron chi connectivity index (χ2n) is 8.85. The van der Waals surface area contributed by atoms with Gasteiger partial charge < -0.3 is 20.1 Å². The number of ether oxygens (including phenoxy) is 1. The first-order chi connectivity index (χ1) is 10.6. The molecule has 2 fully saturated rings. The number of likely N-dealkylation sites (tertiary alicyclic amines) is 1. The number of carbonyl (C=O) groups is 1. The monoisotopic (exact) mass is 326 g/mol. The maximum Gasteiger partial charge on any atom is 0.410 e. The smallest absolute Gasteiger partial charge is 0.410 e. The van der Waals surface area contributed by atoms with Crippen LogP contribution in [0.2, 0.25) is 0 Å². The summed E-state index contributed by atoms with van der Waals surface area (Å²) in [7, 11) is 0. The summed E-state index contributed by atoms with van der Waals surface area (Å²) in [4.78, 5) is 14.4. The van der Waals surface area contributed by atoms with Gasteiger partial charge in [0.05, 0.1) is 5.60 Å². The number of hydrogen-bond acceptors (Lipinski definition) is 4. The van der Waals surface area contributed by atoms with E-state index in [9.17, 15) is 9.90 Å². The third-order valence-corrected chi connectivity index (χ3v) is 4.77. The number of nitrogens with zero attached hydrogens (tertiary/aromatic N) is 1. The summed E-state index contributed by atoms with van der Waals surface area (Å²) in [6, 6.07) is 0.764. The van der Waals surface area contributed by atoms with Gasteiger partial charge in [0, 0.05) is 25.2 Å². The van der Waals surface area contributed by atoms with E-state index >= 15 is 0 Å². The standard InChI is InChI=1S/C18H34N2O3/c1-17(2,3)23-16(21)20-10-6-7-13-11-14(8-9-15(13)20)19-12-18(4,5)22/h13-15,19,22H,6-12H2,1-5H3/t13-,14-,15-/m1/s1. The van der Waals surface area contributed by atoms with E-state index in [1.807, 2.05) is 39.5 Å². The van der Waals surface area contributed by atoms with Gasteiger partial charge in [0.2, 0.25) is 0 Å². The first kappa shape index (κ1) is 18.5. The average molecular weight is 326 g/mol. The highest BCUT2D eigenvalue weighted by atomic mass is 16.6. The number of hydrogen-bond donors (Lipinski definition) is 2. The lowest BCUT2D eigenvalue weighted by atomic mass is 9.76. The second kappa shape index (κ2) is 6.98. The zero-order chi connectivity index (χ0) is 17.3. The van der Waals surface area contributed by atoms with E-state index in [0.717, 1.165) is 32.2 Å². The number of rotatable bonds is 3. The van der Waals surface area contributed by atoms with E-state index in [-0.39, 0.29) is 6.09 Å². The van der Waals surface area contributed by atoms with Crippen molar-refractivity contribution in [1.82, 2.24) is 10.2 Å². The molecule has 2 rings (SSSR count). The van der Waals surface area contributed by atoms with Gasteiger partial charge in [0.25, 0.3) is 0 Å². The largest absolute Gasteiger partial charge is 0.444 e. The molecule has 1 saturated carbocycles. The first-order valence-electron chi connectivity index (χ1n) is 9.00. The summed E-state index contributed by atoms with van der Waals surface area (Å²) >= 11 is 0. The van der Waals surface area contributed by atoms with Gasteiger partial charge in [-0.2, -0.15) is 0 Å². The number of nitrogens with one attached hydrogen (secondary N) is 1. The fourth-order valence-corrected chi connectivity index (χ4v) is 3.78. The Bertz CT molecular complexity index is 411. The zero-order valence-electron chi connectivity index (χ0n) is 15.4. The van der Waals surface area contributed by atoms with E-state index in [4.69, 9.17) is 4.74 Å². The van der Waals surface area contributed by atoms with Crippen LogP contribution < -0.4 is 5.32 Å². The molecule has 1 aliphatic heterocycles. The molecule has 0 spiro atoms. The molecule has 3 atom stereocenters. The van der Waals surface area contributed by atoms with Crippen LogP contribution in [0.15, 0.2) is 0 Å². The molecule has 0 radical (unpaired) electrons. The van der Waals surface area contributed by atoms with Gasteiger partial charge in [-0.15, -0.1) is 0 Å². The third kappa shape index (κ3) is 5.64. The van der Waals surface area contributed by atoms with E-state index in [1.165, 1.54) is 6.42 Å². The van der Waals surface area contributed by atoms with Gasteiger partial charge in [-0.1, -0.05) is 0 Å². The van der Waals surface area contributed by atoms with Crippen molar-refractivity contribution in [3.8, 4) is 0 Å². The van der Waals surface area contributed by atoms with Crippen molar-refractivity contribution in [2.24, 2.45) is 5.92 Å². The fourth-order valence-electron chi connectivity index (χ4n) is 3.78. The molecule has 5 nitrogen and oxygen atoms in total. The topological polar surface area (TPSA) is 61.8 Å². The van der Waals surface area contributed by atoms with Crippen molar-refractivity contribution in [1.29, 1.82) is 0 Å². The van der Waals surface area contributed by atoms with Gasteiger partial charge in [-0.25, -0.2) is 4.79 Å². The molecule has 1 aliphatic carbocycles. The summed E-state index contributed by atoms with van der Waals surface area (Å²) in [5.41, 5.74) is -1.11. The number of amides is 1. The van der Waals surface area contributed by atoms with Crippen molar-refractivity contribution in [2.45, 2.75) is 90.0 Å². The SMILES string of the molecule is CC(C)(O)CN[C@@H]1CC[C@@H]2[C@H](CCCN2C(=O)OC(C)(C)C)C1. The molecule has 1 saturated heterocycles. The highest BCUT2D eigenvalue weighted by Gasteiger charge is 2.40. The molecular formula is C18H34N2O3. The summed E-state index contributed by atoms with van der Waals surface area (Å²) in [6.07, 6.45) is 5.24. The average Bonchev–Trinajstić information content (AvgIpc) is 2.41. The van der Waals surface area contributed by atoms with Crippen LogP contribution in [0.4, 0.5) is 4.79 Å². The Kier molecular flexibility index (Phi) is 5.62. The minimum atomic E-state index is -0.675. The lowest BCUT2D eigenvalue weighted by Gasteiger charge is -2.46. The molecule has 23 heavy (non-hydrogen) atoms. The Balaban J connectivity index is 1.91. The number of aliphatic hydroxyl groups is 1. The number of piperidine rings is 1. The predicted octanol–water partition coefficient (Wildman–Crippen LogP) is 2.92. The van der Waals surface area contributed by atoms with E-state index in [0.29, 0.717) is 24.5 Å². The molecule has 2 aliphatic rings. The third-order valence-electron chi connectivity index (χ3n) is 4.77. The van der Waals surface area contributed by atoms with Crippen molar-refractivity contribution in [3.63, 3.8) is 0 Å². The van der Waals surface area contributed by atoms with Crippen LogP contribution in [-0.2, 0) is 4.74 Å². The summed E-state index contributed by atoms with van der Waals surface area (Å²) in [6.45, 7) is 10.9. The lowest BCUT2D eigenvalue weighted by molar-refractivity contribution is -0.0110. The zero-order valence-corrected chi connectivity index (χ0v) is 15.4. The van der Waals surface area contributed by atoms with Gasteiger partial charge in [-0.3, -0.25) is 0 Å². The maximum absolute atomic E-state index is 12.5. The quantitative estimate of drug-likeness (QED) is 0.837. The molecule has 0 unspecified atom stereocenters. The van der Waals surface area contributed by atoms with Crippen molar-refractivity contribution < 1.29 is 14.6 Å². The van der Waals surface area contributed by atoms with Crippen LogP contribution in [0.1, 0.15) is 66.7 Å². The van der Waals surface area contributed by atoms with Crippen LogP contribution in [0.3, 0.4) is 0 Å². The first-order valence-corrected chi connectivity index (χ1v) is 9.00. The fraction of sp³-hybridized carbons (Fsp3) is 0.944. The van der Waals surface area contributed by atoms with Gasteiger partial charge in [-0.05, 0) is 72.6 Å². The number of carbonyl (C=O) groups excluding carboxylic acids is 1. The van der Waals surface area contributed by atoms with Crippen molar-refractivity contribution in [3.05, 3.63) is 0 Å². The molecular weight excluding hydrogens is 292 g/mol. The van der Waals surface area contributed by atoms with Crippen LogP contribution in [-0.4, -0.2) is 52.5 Å². The van der Waals surface area contributed by atoms with Crippen LogP contribution in [0.5, 0.6) is 0 Å². The molecule has 1 amide bonds. The second-order valence-corrected chi connectivity index (χ2v) is 8.85.